The summed E-state index contributed by atoms with van der Waals surface area (Å²) >= 11 is 0. The number of likely N-dealkylation sites (N-methyl/N-ethyl adjacent to an activating group) is 1. The number of carbonyl (C=O) groups excluding carboxylic acids is 1. The van der Waals surface area contributed by atoms with Crippen molar-refractivity contribution in [3.8, 4) is 5.75 Å². The van der Waals surface area contributed by atoms with Crippen LogP contribution >= 0.6 is 0 Å². The summed E-state index contributed by atoms with van der Waals surface area (Å²) in [5.41, 5.74) is 10.5. The number of nitrogens with two attached hydrogens (primary N) is 1. The first kappa shape index (κ1) is 20.5. The summed E-state index contributed by atoms with van der Waals surface area (Å²) in [4.78, 5) is 25.2. The van der Waals surface area contributed by atoms with Crippen LogP contribution in [0.4, 0.5) is 22.1 Å². The van der Waals surface area contributed by atoms with Gasteiger partial charge in [0.2, 0.25) is 5.95 Å². The van der Waals surface area contributed by atoms with Gasteiger partial charge in [0.15, 0.2) is 0 Å². The highest BCUT2D eigenvalue weighted by Gasteiger charge is 2.31. The Morgan fingerprint density at radius 1 is 1.28 bits per heavy atom. The summed E-state index contributed by atoms with van der Waals surface area (Å²) in [6.07, 6.45) is 2.08. The second-order valence-corrected chi connectivity index (χ2v) is 8.22. The van der Waals surface area contributed by atoms with Gasteiger partial charge in [-0.3, -0.25) is 4.90 Å². The van der Waals surface area contributed by atoms with Gasteiger partial charge in [-0.2, -0.15) is 0 Å². The summed E-state index contributed by atoms with van der Waals surface area (Å²) in [6.45, 7) is 2.66. The Labute approximate surface area is 186 Å². The molecule has 9 nitrogen and oxygen atoms in total. The molecule has 2 aliphatic rings. The van der Waals surface area contributed by atoms with Crippen LogP contribution in [-0.2, 0) is 17.7 Å². The van der Waals surface area contributed by atoms with E-state index in [-0.39, 0.29) is 6.10 Å². The Morgan fingerprint density at radius 2 is 2.16 bits per heavy atom. The molecule has 0 radical (unpaired) electrons. The highest BCUT2D eigenvalue weighted by Crippen LogP contribution is 2.33. The van der Waals surface area contributed by atoms with Gasteiger partial charge < -0.3 is 25.4 Å². The molecule has 3 aromatic rings. The van der Waals surface area contributed by atoms with Crippen LogP contribution < -0.4 is 20.7 Å². The van der Waals surface area contributed by atoms with E-state index in [9.17, 15) is 4.79 Å². The molecule has 1 amide bonds. The summed E-state index contributed by atoms with van der Waals surface area (Å²) in [7, 11) is 3.79. The number of hydrogen-bond acceptors (Lipinski definition) is 8. The third-order valence-corrected chi connectivity index (χ3v) is 5.99. The molecular weight excluding hydrogens is 408 g/mol. The normalized spacial score (nSPS) is 18.5. The highest BCUT2D eigenvalue weighted by molar-refractivity contribution is 5.93. The van der Waals surface area contributed by atoms with E-state index in [0.29, 0.717) is 19.0 Å². The van der Waals surface area contributed by atoms with Crippen molar-refractivity contribution in [3.05, 3.63) is 47.7 Å². The smallest absolute Gasteiger partial charge is 0.414 e. The lowest BCUT2D eigenvalue weighted by atomic mass is 9.99. The minimum absolute atomic E-state index is 0.295. The molecule has 1 atom stereocenters. The average molecular weight is 435 g/mol. The zero-order valence-electron chi connectivity index (χ0n) is 18.2. The molecule has 1 fully saturated rings. The summed E-state index contributed by atoms with van der Waals surface area (Å²) in [5, 5.41) is 4.18. The van der Waals surface area contributed by atoms with Crippen LogP contribution in [0, 0.1) is 0 Å². The van der Waals surface area contributed by atoms with Crippen molar-refractivity contribution in [2.75, 3.05) is 44.0 Å². The fraction of sp³-hybridized carbons (Fsp3) is 0.348. The number of ether oxygens (including phenoxy) is 2. The van der Waals surface area contributed by atoms with Crippen LogP contribution in [-0.4, -0.2) is 60.9 Å². The average Bonchev–Trinajstić information content (AvgIpc) is 3.19. The molecule has 32 heavy (non-hydrogen) atoms. The minimum atomic E-state index is -0.393. The van der Waals surface area contributed by atoms with Gasteiger partial charge in [-0.15, -0.1) is 0 Å². The fourth-order valence-electron chi connectivity index (χ4n) is 4.21. The van der Waals surface area contributed by atoms with E-state index in [1.807, 2.05) is 18.2 Å². The lowest BCUT2D eigenvalue weighted by Gasteiger charge is -2.26. The van der Waals surface area contributed by atoms with Crippen LogP contribution in [0.1, 0.15) is 11.1 Å². The van der Waals surface area contributed by atoms with Crippen molar-refractivity contribution in [1.29, 1.82) is 0 Å². The van der Waals surface area contributed by atoms with E-state index in [0.717, 1.165) is 47.5 Å². The fourth-order valence-corrected chi connectivity index (χ4v) is 4.21. The number of anilines is 3. The van der Waals surface area contributed by atoms with Gasteiger partial charge >= 0.3 is 6.09 Å². The number of nitrogens with zero attached hydrogens (tertiary/aromatic N) is 4. The zero-order valence-corrected chi connectivity index (χ0v) is 18.2. The number of nitrogens with one attached hydrogen (secondary N) is 1. The Kier molecular flexibility index (Phi) is 5.28. The molecule has 0 aliphatic carbocycles. The molecule has 3 heterocycles. The highest BCUT2D eigenvalue weighted by atomic mass is 16.6. The van der Waals surface area contributed by atoms with Crippen molar-refractivity contribution in [3.63, 3.8) is 0 Å². The maximum Gasteiger partial charge on any atom is 0.414 e. The molecule has 0 bridgehead atoms. The molecule has 0 spiro atoms. The number of aromatic nitrogens is 2. The Morgan fingerprint density at radius 3 is 2.94 bits per heavy atom. The van der Waals surface area contributed by atoms with Crippen molar-refractivity contribution < 1.29 is 14.3 Å². The third kappa shape index (κ3) is 3.80. The molecule has 1 aromatic heterocycles. The SMILES string of the molecule is COc1cc2c(cc1Nc1ncc3ccc(N4C[C@@H](CN)OC4=O)cc3n1)CN(C)CC2. The Hall–Kier alpha value is -3.43. The van der Waals surface area contributed by atoms with Crippen LogP contribution in [0.5, 0.6) is 5.75 Å². The lowest BCUT2D eigenvalue weighted by molar-refractivity contribution is 0.145. The second kappa shape index (κ2) is 8.25. The molecule has 1 saturated heterocycles. The molecule has 2 aliphatic heterocycles. The quantitative estimate of drug-likeness (QED) is 0.631. The molecular formula is C23H26N6O3. The number of benzene rings is 2. The van der Waals surface area contributed by atoms with Crippen LogP contribution in [0.15, 0.2) is 36.5 Å². The maximum absolute atomic E-state index is 12.2. The molecule has 5 rings (SSSR count). The van der Waals surface area contributed by atoms with Gasteiger partial charge in [-0.25, -0.2) is 14.8 Å². The van der Waals surface area contributed by atoms with Crippen molar-refractivity contribution in [1.82, 2.24) is 14.9 Å². The summed E-state index contributed by atoms with van der Waals surface area (Å²) in [6, 6.07) is 9.83. The Balaban J connectivity index is 1.45. The van der Waals surface area contributed by atoms with Crippen LogP contribution in [0.25, 0.3) is 10.9 Å². The van der Waals surface area contributed by atoms with Gasteiger partial charge in [-0.1, -0.05) is 0 Å². The third-order valence-electron chi connectivity index (χ3n) is 5.99. The largest absolute Gasteiger partial charge is 0.495 e. The molecule has 3 N–H and O–H groups in total. The standard InChI is InChI=1S/C23H26N6O3/c1-28-6-5-14-8-21(31-2)20(7-16(14)12-28)27-22-25-11-15-3-4-17(9-19(15)26-22)29-13-18(10-24)32-23(29)30/h3-4,7-9,11,18H,5-6,10,12-13,24H2,1-2H3,(H,25,26,27)/t18-/m1/s1. The van der Waals surface area contributed by atoms with Gasteiger partial charge in [0, 0.05) is 36.9 Å². The number of rotatable bonds is 5. The van der Waals surface area contributed by atoms with Crippen LogP contribution in [0.2, 0.25) is 0 Å². The number of cyclic esters (lactones) is 1. The number of carbonyl (C=O) groups is 1. The summed E-state index contributed by atoms with van der Waals surface area (Å²) in [5.74, 6) is 1.22. The van der Waals surface area contributed by atoms with Crippen molar-refractivity contribution in [2.24, 2.45) is 5.73 Å². The van der Waals surface area contributed by atoms with Gasteiger partial charge in [0.25, 0.3) is 0 Å². The molecule has 9 heteroatoms. The van der Waals surface area contributed by atoms with Gasteiger partial charge in [0.1, 0.15) is 11.9 Å². The topological polar surface area (TPSA) is 106 Å². The van der Waals surface area contributed by atoms with Gasteiger partial charge in [-0.05, 0) is 54.9 Å². The first-order chi connectivity index (χ1) is 15.5. The Bertz CT molecular complexity index is 1180. The lowest BCUT2D eigenvalue weighted by Crippen LogP contribution is -2.27. The molecule has 0 unspecified atom stereocenters. The minimum Gasteiger partial charge on any atom is -0.495 e. The van der Waals surface area contributed by atoms with E-state index in [1.54, 1.807) is 18.2 Å². The second-order valence-electron chi connectivity index (χ2n) is 8.22. The monoisotopic (exact) mass is 434 g/mol. The van der Waals surface area contributed by atoms with Gasteiger partial charge in [0.05, 0.1) is 24.9 Å². The van der Waals surface area contributed by atoms with E-state index < -0.39 is 6.09 Å². The first-order valence-corrected chi connectivity index (χ1v) is 10.6. The zero-order chi connectivity index (χ0) is 22.2. The van der Waals surface area contributed by atoms with E-state index in [1.165, 1.54) is 11.1 Å². The predicted molar refractivity (Wildman–Crippen MR) is 123 cm³/mol. The molecule has 166 valence electrons. The maximum atomic E-state index is 12.2. The number of amides is 1. The number of hydrogen-bond donors (Lipinski definition) is 2. The van der Waals surface area contributed by atoms with Crippen LogP contribution in [0.3, 0.4) is 0 Å². The van der Waals surface area contributed by atoms with E-state index in [2.05, 4.69) is 39.4 Å². The van der Waals surface area contributed by atoms with E-state index >= 15 is 0 Å². The van der Waals surface area contributed by atoms with E-state index in [4.69, 9.17) is 15.2 Å². The molecule has 2 aromatic carbocycles. The summed E-state index contributed by atoms with van der Waals surface area (Å²) < 4.78 is 10.9. The number of fused-ring (bicyclic) bond motifs is 2. The first-order valence-electron chi connectivity index (χ1n) is 10.6. The molecule has 0 saturated carbocycles. The van der Waals surface area contributed by atoms with Crippen molar-refractivity contribution in [2.45, 2.75) is 19.1 Å². The van der Waals surface area contributed by atoms with Crippen molar-refractivity contribution >= 4 is 34.3 Å². The predicted octanol–water partition coefficient (Wildman–Crippen LogP) is 2.65. The number of methoxy groups -OCH3 is 1.